The van der Waals surface area contributed by atoms with E-state index < -0.39 is 0 Å². The number of hydrogen-bond acceptors (Lipinski definition) is 0. The van der Waals surface area contributed by atoms with Crippen LogP contribution in [0.15, 0.2) is 0 Å². The van der Waals surface area contributed by atoms with E-state index in [-0.39, 0.29) is 57.8 Å². The molecule has 0 unspecified atom stereocenters. The normalized spacial score (nSPS) is 10.3. The van der Waals surface area contributed by atoms with Crippen LogP contribution in [0.25, 0.3) is 10.6 Å². The summed E-state index contributed by atoms with van der Waals surface area (Å²) in [7, 11) is 0. The van der Waals surface area contributed by atoms with Crippen molar-refractivity contribution >= 4 is 17.0 Å². The van der Waals surface area contributed by atoms with Crippen LogP contribution in [0.3, 0.4) is 0 Å². The topological polar surface area (TPSA) is 28.2 Å². The Kier molecular flexibility index (Phi) is 57.9. The molecule has 0 heterocycles. The Bertz CT molecular complexity index is 261. The zero-order valence-corrected chi connectivity index (χ0v) is 30.5. The average Bonchev–Trinajstić information content (AvgIpc) is 2.85. The molecule has 0 atom stereocenters. The molecule has 0 aliphatic heterocycles. The van der Waals surface area contributed by atoms with Gasteiger partial charge in [-0.1, -0.05) is 182 Å². The van der Waals surface area contributed by atoms with Gasteiger partial charge in [-0.2, -0.15) is 0 Å². The van der Waals surface area contributed by atoms with Gasteiger partial charge in [-0.05, 0) is 0 Å². The second-order valence-corrected chi connectivity index (χ2v) is 10.4. The van der Waals surface area contributed by atoms with Gasteiger partial charge >= 0.3 is 0 Å². The molecule has 0 aromatic heterocycles. The first kappa shape index (κ1) is 44.8. The third-order valence-electron chi connectivity index (χ3n) is 6.68. The zero-order chi connectivity index (χ0) is 25.2. The molecule has 0 saturated carbocycles. The van der Waals surface area contributed by atoms with E-state index in [1.54, 1.807) is 0 Å². The minimum Gasteiger partial charge on any atom is -0.662 e. The maximum atomic E-state index is 4.61. The largest absolute Gasteiger partial charge is 0.662 e. The van der Waals surface area contributed by atoms with Crippen LogP contribution >= 0.6 is 17.0 Å². The van der Waals surface area contributed by atoms with Crippen LogP contribution < -0.4 is 0 Å². The van der Waals surface area contributed by atoms with Crippen molar-refractivity contribution in [2.45, 2.75) is 182 Å². The fourth-order valence-corrected chi connectivity index (χ4v) is 4.24. The SMILES string of the molecule is Br.CCCCCCCC[N-]CCCCCCCC.CCCCCCCC[N-]CCCCCCCC.[Nd]. The molecule has 220 valence electrons. The van der Waals surface area contributed by atoms with Gasteiger partial charge < -0.3 is 10.6 Å². The Labute approximate surface area is 274 Å². The van der Waals surface area contributed by atoms with E-state index in [9.17, 15) is 0 Å². The Morgan fingerprint density at radius 3 is 0.639 bits per heavy atom. The molecule has 0 aromatic carbocycles. The van der Waals surface area contributed by atoms with Crippen molar-refractivity contribution in [3.63, 3.8) is 0 Å². The Hall–Kier alpha value is 1.75. The van der Waals surface area contributed by atoms with E-state index in [1.807, 2.05) is 0 Å². The van der Waals surface area contributed by atoms with Gasteiger partial charge in [-0.25, -0.2) is 0 Å². The number of unbranched alkanes of at least 4 members (excludes halogenated alkanes) is 20. The Morgan fingerprint density at radius 1 is 0.278 bits per heavy atom. The number of halogens is 1. The fourth-order valence-electron chi connectivity index (χ4n) is 4.24. The first-order valence-corrected chi connectivity index (χ1v) is 16.1. The van der Waals surface area contributed by atoms with E-state index in [2.05, 4.69) is 38.3 Å². The van der Waals surface area contributed by atoms with E-state index >= 15 is 0 Å². The van der Waals surface area contributed by atoms with Crippen LogP contribution in [0, 0.1) is 40.8 Å². The monoisotopic (exact) mass is 702 g/mol. The first-order valence-electron chi connectivity index (χ1n) is 16.1. The molecule has 0 aliphatic rings. The van der Waals surface area contributed by atoms with Gasteiger partial charge in [0.2, 0.25) is 0 Å². The van der Waals surface area contributed by atoms with Gasteiger partial charge in [0, 0.05) is 40.8 Å². The summed E-state index contributed by atoms with van der Waals surface area (Å²) in [5.74, 6) is 0. The van der Waals surface area contributed by atoms with Crippen LogP contribution in [0.4, 0.5) is 0 Å². The fraction of sp³-hybridized carbons (Fsp3) is 1.00. The van der Waals surface area contributed by atoms with Crippen molar-refractivity contribution in [3.8, 4) is 0 Å². The van der Waals surface area contributed by atoms with E-state index in [4.69, 9.17) is 0 Å². The maximum absolute atomic E-state index is 4.61. The summed E-state index contributed by atoms with van der Waals surface area (Å²) in [6, 6.07) is 0. The molecule has 2 nitrogen and oxygen atoms in total. The summed E-state index contributed by atoms with van der Waals surface area (Å²) in [5, 5.41) is 9.21. The summed E-state index contributed by atoms with van der Waals surface area (Å²) in [4.78, 5) is 0. The molecule has 0 rings (SSSR count). The van der Waals surface area contributed by atoms with Gasteiger partial charge in [0.25, 0.3) is 0 Å². The van der Waals surface area contributed by atoms with Crippen LogP contribution in [-0.4, -0.2) is 26.2 Å². The van der Waals surface area contributed by atoms with Crippen molar-refractivity contribution < 1.29 is 40.8 Å². The molecular formula is C32H69BrN2Nd-2. The van der Waals surface area contributed by atoms with Gasteiger partial charge in [0.05, 0.1) is 0 Å². The second-order valence-electron chi connectivity index (χ2n) is 10.4. The van der Waals surface area contributed by atoms with Crippen molar-refractivity contribution in [3.05, 3.63) is 10.6 Å². The molecule has 36 heavy (non-hydrogen) atoms. The van der Waals surface area contributed by atoms with Gasteiger partial charge in [0.1, 0.15) is 0 Å². The van der Waals surface area contributed by atoms with E-state index in [1.165, 1.54) is 154 Å². The predicted octanol–water partition coefficient (Wildman–Crippen LogP) is 12.7. The molecule has 0 N–H and O–H groups in total. The predicted molar refractivity (Wildman–Crippen MR) is 170 cm³/mol. The Balaban J connectivity index is -0.000000269. The molecule has 0 saturated heterocycles. The van der Waals surface area contributed by atoms with Crippen LogP contribution in [0.2, 0.25) is 0 Å². The zero-order valence-electron chi connectivity index (χ0n) is 25.6. The minimum atomic E-state index is 0. The molecule has 0 aromatic rings. The minimum absolute atomic E-state index is 0. The number of rotatable bonds is 28. The van der Waals surface area contributed by atoms with Crippen LogP contribution in [0.5, 0.6) is 0 Å². The molecular weight excluding hydrogens is 637 g/mol. The van der Waals surface area contributed by atoms with Crippen molar-refractivity contribution in [1.29, 1.82) is 0 Å². The third-order valence-corrected chi connectivity index (χ3v) is 6.68. The van der Waals surface area contributed by atoms with Gasteiger partial charge in [0.15, 0.2) is 0 Å². The van der Waals surface area contributed by atoms with Gasteiger partial charge in [-0.3, -0.25) is 0 Å². The van der Waals surface area contributed by atoms with Crippen molar-refractivity contribution in [1.82, 2.24) is 0 Å². The summed E-state index contributed by atoms with van der Waals surface area (Å²) in [5.41, 5.74) is 0. The summed E-state index contributed by atoms with van der Waals surface area (Å²) in [6.07, 6.45) is 33.2. The van der Waals surface area contributed by atoms with E-state index in [0.717, 1.165) is 26.2 Å². The third kappa shape index (κ3) is 48.8. The summed E-state index contributed by atoms with van der Waals surface area (Å²) >= 11 is 0. The number of hydrogen-bond donors (Lipinski definition) is 0. The molecule has 0 spiro atoms. The van der Waals surface area contributed by atoms with Crippen molar-refractivity contribution in [2.24, 2.45) is 0 Å². The molecule has 0 bridgehead atoms. The first-order chi connectivity index (χ1) is 16.8. The maximum Gasteiger partial charge on any atom is 0 e. The van der Waals surface area contributed by atoms with Crippen molar-refractivity contribution in [2.75, 3.05) is 26.2 Å². The molecule has 0 aliphatic carbocycles. The average molecular weight is 706 g/mol. The van der Waals surface area contributed by atoms with Gasteiger partial charge in [-0.15, -0.1) is 43.2 Å². The standard InChI is InChI=1S/2C16H34N.BrH.Nd/c2*1-3-5-7-9-11-13-15-17-16-14-12-10-8-6-4-2;;/h2*3-16H2,1-2H3;1H;/q2*-1;;. The second kappa shape index (κ2) is 46.6. The molecule has 4 heteroatoms. The molecule has 0 fully saturated rings. The molecule has 0 amide bonds. The number of nitrogens with zero attached hydrogens (tertiary/aromatic N) is 2. The quantitative estimate of drug-likeness (QED) is 0.0725. The summed E-state index contributed by atoms with van der Waals surface area (Å²) < 4.78 is 0. The Morgan fingerprint density at radius 2 is 0.444 bits per heavy atom. The summed E-state index contributed by atoms with van der Waals surface area (Å²) in [6.45, 7) is 13.5. The molecule has 0 radical (unpaired) electrons. The smallest absolute Gasteiger partial charge is 0 e. The van der Waals surface area contributed by atoms with Crippen LogP contribution in [-0.2, 0) is 0 Å². The van der Waals surface area contributed by atoms with E-state index in [0.29, 0.717) is 0 Å². The van der Waals surface area contributed by atoms with Crippen LogP contribution in [0.1, 0.15) is 182 Å².